The second-order valence-corrected chi connectivity index (χ2v) is 6.60. The van der Waals surface area contributed by atoms with Gasteiger partial charge in [-0.25, -0.2) is 4.98 Å². The topological polar surface area (TPSA) is 44.5 Å². The monoisotopic (exact) mass is 348 g/mol. The first-order valence-electron chi connectivity index (χ1n) is 8.58. The van der Waals surface area contributed by atoms with Gasteiger partial charge in [-0.05, 0) is 31.9 Å². The van der Waals surface area contributed by atoms with E-state index < -0.39 is 5.60 Å². The van der Waals surface area contributed by atoms with E-state index in [1.807, 2.05) is 19.1 Å². The highest BCUT2D eigenvalue weighted by molar-refractivity contribution is 6.30. The number of nitrogens with zero attached hydrogens (tertiary/aromatic N) is 1. The van der Waals surface area contributed by atoms with Crippen LogP contribution in [0.3, 0.4) is 0 Å². The smallest absolute Gasteiger partial charge is 0.193 e. The number of benzene rings is 1. The Balaban J connectivity index is 1.99. The van der Waals surface area contributed by atoms with E-state index in [-0.39, 0.29) is 0 Å². The molecule has 1 aliphatic carbocycles. The summed E-state index contributed by atoms with van der Waals surface area (Å²) < 4.78 is 18.0. The fourth-order valence-corrected chi connectivity index (χ4v) is 3.64. The van der Waals surface area contributed by atoms with Crippen molar-refractivity contribution in [3.05, 3.63) is 47.6 Å². The number of hydrogen-bond acceptors (Lipinski definition) is 4. The summed E-state index contributed by atoms with van der Waals surface area (Å²) in [6.45, 7) is 3.02. The summed E-state index contributed by atoms with van der Waals surface area (Å²) in [5.41, 5.74) is -0.700. The molecule has 0 bridgehead atoms. The SMILES string of the molecule is CCOCC(Oc1[c]c(Cl)ccc1)(c1cnco1)C1CCCCC1. The highest BCUT2D eigenvalue weighted by Crippen LogP contribution is 2.43. The third-order valence-electron chi connectivity index (χ3n) is 4.66. The van der Waals surface area contributed by atoms with Crippen LogP contribution in [0.1, 0.15) is 44.8 Å². The molecule has 0 N–H and O–H groups in total. The molecule has 1 saturated carbocycles. The van der Waals surface area contributed by atoms with E-state index in [2.05, 4.69) is 11.1 Å². The minimum absolute atomic E-state index is 0.304. The van der Waals surface area contributed by atoms with Gasteiger partial charge in [0.25, 0.3) is 0 Å². The predicted molar refractivity (Wildman–Crippen MR) is 92.2 cm³/mol. The third-order valence-corrected chi connectivity index (χ3v) is 4.88. The molecule has 1 aliphatic rings. The summed E-state index contributed by atoms with van der Waals surface area (Å²) in [6, 6.07) is 8.58. The van der Waals surface area contributed by atoms with Crippen LogP contribution in [0.5, 0.6) is 5.75 Å². The van der Waals surface area contributed by atoms with Crippen molar-refractivity contribution in [1.82, 2.24) is 4.98 Å². The molecule has 1 atom stereocenters. The number of hydrogen-bond donors (Lipinski definition) is 0. The van der Waals surface area contributed by atoms with E-state index in [4.69, 9.17) is 25.5 Å². The Kier molecular flexibility index (Phi) is 5.80. The Morgan fingerprint density at radius 2 is 2.17 bits per heavy atom. The normalized spacial score (nSPS) is 18.2. The van der Waals surface area contributed by atoms with Crippen molar-refractivity contribution in [2.45, 2.75) is 44.6 Å². The second kappa shape index (κ2) is 8.04. The predicted octanol–water partition coefficient (Wildman–Crippen LogP) is 5.02. The summed E-state index contributed by atoms with van der Waals surface area (Å²) in [5.74, 6) is 1.61. The van der Waals surface area contributed by atoms with Crippen LogP contribution in [-0.2, 0) is 10.3 Å². The molecule has 1 unspecified atom stereocenters. The zero-order chi connectivity index (χ0) is 16.8. The van der Waals surface area contributed by atoms with Crippen LogP contribution in [-0.4, -0.2) is 18.2 Å². The highest BCUT2D eigenvalue weighted by Gasteiger charge is 2.46. The van der Waals surface area contributed by atoms with Gasteiger partial charge in [-0.2, -0.15) is 0 Å². The maximum absolute atomic E-state index is 6.47. The molecule has 24 heavy (non-hydrogen) atoms. The summed E-state index contributed by atoms with van der Waals surface area (Å²) in [7, 11) is 0. The van der Waals surface area contributed by atoms with Gasteiger partial charge in [0.05, 0.1) is 17.8 Å². The molecule has 0 saturated heterocycles. The van der Waals surface area contributed by atoms with Crippen LogP contribution >= 0.6 is 11.6 Å². The molecule has 129 valence electrons. The van der Waals surface area contributed by atoms with Gasteiger partial charge in [0.15, 0.2) is 17.8 Å². The van der Waals surface area contributed by atoms with Crippen LogP contribution in [0.15, 0.2) is 35.2 Å². The summed E-state index contributed by atoms with van der Waals surface area (Å²) >= 11 is 6.09. The molecule has 1 heterocycles. The number of halogens is 1. The first kappa shape index (κ1) is 17.3. The molecular weight excluding hydrogens is 326 g/mol. The standard InChI is InChI=1S/C19H23ClNO3/c1-2-22-13-19(18-12-21-14-23-18,15-7-4-3-5-8-15)24-17-10-6-9-16(20)11-17/h6,9-10,12,14-15H,2-5,7-8,13H2,1H3. The fourth-order valence-electron chi connectivity index (χ4n) is 3.48. The van der Waals surface area contributed by atoms with Crippen LogP contribution in [0.4, 0.5) is 0 Å². The van der Waals surface area contributed by atoms with E-state index in [9.17, 15) is 0 Å². The van der Waals surface area contributed by atoms with Gasteiger partial charge in [0.2, 0.25) is 0 Å². The van der Waals surface area contributed by atoms with Crippen LogP contribution in [0.2, 0.25) is 5.02 Å². The van der Waals surface area contributed by atoms with Crippen LogP contribution in [0.25, 0.3) is 0 Å². The second-order valence-electron chi connectivity index (χ2n) is 6.19. The van der Waals surface area contributed by atoms with E-state index >= 15 is 0 Å². The number of rotatable bonds is 7. The van der Waals surface area contributed by atoms with Crippen molar-refractivity contribution in [3.63, 3.8) is 0 Å². The maximum Gasteiger partial charge on any atom is 0.193 e. The molecule has 1 fully saturated rings. The molecule has 1 aromatic carbocycles. The molecule has 0 aliphatic heterocycles. The third kappa shape index (κ3) is 3.76. The molecule has 1 radical (unpaired) electrons. The van der Waals surface area contributed by atoms with Gasteiger partial charge in [-0.15, -0.1) is 0 Å². The van der Waals surface area contributed by atoms with Crippen LogP contribution in [0, 0.1) is 12.0 Å². The average molecular weight is 349 g/mol. The Hall–Kier alpha value is -1.52. The van der Waals surface area contributed by atoms with E-state index in [0.717, 1.165) is 12.8 Å². The zero-order valence-electron chi connectivity index (χ0n) is 14.0. The molecule has 4 nitrogen and oxygen atoms in total. The summed E-state index contributed by atoms with van der Waals surface area (Å²) in [4.78, 5) is 4.11. The Bertz CT molecular complexity index is 625. The first-order chi connectivity index (χ1) is 11.7. The van der Waals surface area contributed by atoms with E-state index in [1.54, 1.807) is 12.3 Å². The molecule has 1 aromatic heterocycles. The van der Waals surface area contributed by atoms with Gasteiger partial charge < -0.3 is 13.9 Å². The Labute approximate surface area is 148 Å². The molecule has 2 aromatic rings. The van der Waals surface area contributed by atoms with E-state index in [1.165, 1.54) is 25.7 Å². The quantitative estimate of drug-likeness (QED) is 0.704. The first-order valence-corrected chi connectivity index (χ1v) is 8.96. The molecule has 5 heteroatoms. The minimum Gasteiger partial charge on any atom is -0.476 e. The van der Waals surface area contributed by atoms with Crippen molar-refractivity contribution in [1.29, 1.82) is 0 Å². The maximum atomic E-state index is 6.47. The lowest BCUT2D eigenvalue weighted by atomic mass is 9.75. The largest absolute Gasteiger partial charge is 0.476 e. The van der Waals surface area contributed by atoms with Gasteiger partial charge in [0, 0.05) is 18.6 Å². The van der Waals surface area contributed by atoms with Crippen molar-refractivity contribution in [3.8, 4) is 5.75 Å². The number of oxazole rings is 1. The fraction of sp³-hybridized carbons (Fsp3) is 0.526. The lowest BCUT2D eigenvalue weighted by Gasteiger charge is -2.40. The van der Waals surface area contributed by atoms with Gasteiger partial charge in [0.1, 0.15) is 5.75 Å². The summed E-state index contributed by atoms with van der Waals surface area (Å²) in [5, 5.41) is 0.527. The lowest BCUT2D eigenvalue weighted by molar-refractivity contribution is -0.0911. The molecular formula is C19H23ClNO3. The van der Waals surface area contributed by atoms with Crippen molar-refractivity contribution in [2.75, 3.05) is 13.2 Å². The molecule has 0 amide bonds. The summed E-state index contributed by atoms with van der Waals surface area (Å²) in [6.07, 6.45) is 8.98. The average Bonchev–Trinajstić information content (AvgIpc) is 3.14. The molecule has 0 spiro atoms. The lowest BCUT2D eigenvalue weighted by Crippen LogP contribution is -2.46. The highest BCUT2D eigenvalue weighted by atomic mass is 35.5. The molecule has 3 rings (SSSR count). The van der Waals surface area contributed by atoms with Gasteiger partial charge in [-0.1, -0.05) is 36.9 Å². The van der Waals surface area contributed by atoms with Crippen molar-refractivity contribution >= 4 is 11.6 Å². The van der Waals surface area contributed by atoms with E-state index in [0.29, 0.717) is 35.7 Å². The van der Waals surface area contributed by atoms with Gasteiger partial charge >= 0.3 is 0 Å². The number of aromatic nitrogens is 1. The van der Waals surface area contributed by atoms with Crippen molar-refractivity contribution in [2.24, 2.45) is 5.92 Å². The Morgan fingerprint density at radius 3 is 2.83 bits per heavy atom. The Morgan fingerprint density at radius 1 is 1.33 bits per heavy atom. The van der Waals surface area contributed by atoms with Gasteiger partial charge in [-0.3, -0.25) is 0 Å². The zero-order valence-corrected chi connectivity index (χ0v) is 14.7. The van der Waals surface area contributed by atoms with Crippen LogP contribution < -0.4 is 4.74 Å². The minimum atomic E-state index is -0.700. The number of ether oxygens (including phenoxy) is 2. The van der Waals surface area contributed by atoms with Crippen molar-refractivity contribution < 1.29 is 13.9 Å².